The Balaban J connectivity index is 1.90. The van der Waals surface area contributed by atoms with E-state index in [2.05, 4.69) is 33.9 Å². The Labute approximate surface area is 161 Å². The summed E-state index contributed by atoms with van der Waals surface area (Å²) in [6.07, 6.45) is 0.653. The summed E-state index contributed by atoms with van der Waals surface area (Å²) in [4.78, 5) is 40.0. The minimum Gasteiger partial charge on any atom is -0.543 e. The number of carbonyl (C=O) groups is 3. The van der Waals surface area contributed by atoms with E-state index in [1.54, 1.807) is 11.0 Å². The van der Waals surface area contributed by atoms with E-state index in [-0.39, 0.29) is 29.2 Å². The fourth-order valence-electron chi connectivity index (χ4n) is 3.29. The number of nitrogens with zero attached hydrogens (tertiary/aromatic N) is 2. The average molecular weight is 389 g/mol. The smallest absolute Gasteiger partial charge is 0.255 e. The van der Waals surface area contributed by atoms with E-state index >= 15 is 0 Å². The number of piperidine rings is 1. The maximum absolute atomic E-state index is 13.0. The maximum Gasteiger partial charge on any atom is 0.255 e. The first-order chi connectivity index (χ1) is 12.4. The van der Waals surface area contributed by atoms with Crippen molar-refractivity contribution in [3.05, 3.63) is 29.3 Å². The second-order valence-corrected chi connectivity index (χ2v) is 13.6. The van der Waals surface area contributed by atoms with Gasteiger partial charge in [0.1, 0.15) is 11.8 Å². The largest absolute Gasteiger partial charge is 0.543 e. The number of fused-ring (bicyclic) bond motifs is 1. The van der Waals surface area contributed by atoms with Crippen molar-refractivity contribution in [2.24, 2.45) is 0 Å². The molecule has 1 aromatic carbocycles. The van der Waals surface area contributed by atoms with Gasteiger partial charge < -0.3 is 9.33 Å². The van der Waals surface area contributed by atoms with E-state index < -0.39 is 14.4 Å². The first kappa shape index (κ1) is 19.6. The fraction of sp³-hybridized carbons (Fsp3) is 0.550. The Morgan fingerprint density at radius 3 is 2.44 bits per heavy atom. The second kappa shape index (κ2) is 6.47. The molecule has 1 unspecified atom stereocenters. The second-order valence-electron chi connectivity index (χ2n) is 8.92. The molecule has 1 fully saturated rings. The molecule has 0 saturated carbocycles. The van der Waals surface area contributed by atoms with Crippen molar-refractivity contribution < 1.29 is 18.8 Å². The third-order valence-electron chi connectivity index (χ3n) is 6.12. The van der Waals surface area contributed by atoms with Gasteiger partial charge >= 0.3 is 0 Å². The summed E-state index contributed by atoms with van der Waals surface area (Å²) in [5.74, 6) is 0.0797. The molecule has 2 aliphatic heterocycles. The molecule has 2 heterocycles. The maximum atomic E-state index is 13.0. The third-order valence-corrected chi connectivity index (χ3v) is 10.5. The minimum atomic E-state index is -2.06. The molecule has 1 atom stereocenters. The van der Waals surface area contributed by atoms with Crippen LogP contribution in [0.3, 0.4) is 0 Å². The van der Waals surface area contributed by atoms with Crippen molar-refractivity contribution in [2.45, 2.75) is 64.3 Å². The number of imide groups is 1. The lowest BCUT2D eigenvalue weighted by Gasteiger charge is -2.37. The first-order valence-electron chi connectivity index (χ1n) is 9.36. The van der Waals surface area contributed by atoms with Gasteiger partial charge in [0.2, 0.25) is 14.2 Å². The van der Waals surface area contributed by atoms with E-state index in [1.165, 1.54) is 7.05 Å². The van der Waals surface area contributed by atoms with Crippen molar-refractivity contribution >= 4 is 26.0 Å². The van der Waals surface area contributed by atoms with Gasteiger partial charge in [0.25, 0.3) is 11.8 Å². The van der Waals surface area contributed by atoms with Crippen LogP contribution in [0.4, 0.5) is 0 Å². The van der Waals surface area contributed by atoms with E-state index in [1.807, 2.05) is 12.1 Å². The van der Waals surface area contributed by atoms with Crippen molar-refractivity contribution in [3.8, 4) is 5.75 Å². The Morgan fingerprint density at radius 2 is 1.81 bits per heavy atom. The molecule has 146 valence electrons. The van der Waals surface area contributed by atoms with Gasteiger partial charge in [0.05, 0.1) is 6.54 Å². The van der Waals surface area contributed by atoms with Gasteiger partial charge in [-0.15, -0.1) is 0 Å². The summed E-state index contributed by atoms with van der Waals surface area (Å²) in [5.41, 5.74) is 1.44. The molecular formula is C20H28N2O4Si. The molecule has 3 amide bonds. The monoisotopic (exact) mass is 388 g/mol. The highest BCUT2D eigenvalue weighted by Crippen LogP contribution is 2.40. The fourth-order valence-corrected chi connectivity index (χ4v) is 4.34. The SMILES string of the molecule is CN1C(=O)CCC(N2Cc3c(O[Si](C)(C)C(C)(C)C)cccc3C2=O)C1=O. The number of carbonyl (C=O) groups excluding carboxylic acids is 3. The van der Waals surface area contributed by atoms with Crippen LogP contribution < -0.4 is 4.43 Å². The number of likely N-dealkylation sites (tertiary alicyclic amines) is 1. The van der Waals surface area contributed by atoms with Gasteiger partial charge in [-0.3, -0.25) is 19.3 Å². The van der Waals surface area contributed by atoms with Gasteiger partial charge in [0.15, 0.2) is 0 Å². The highest BCUT2D eigenvalue weighted by Gasteiger charge is 2.44. The number of likely N-dealkylation sites (N-methyl/N-ethyl adjacent to an activating group) is 1. The van der Waals surface area contributed by atoms with Gasteiger partial charge in [-0.1, -0.05) is 26.8 Å². The van der Waals surface area contributed by atoms with Crippen molar-refractivity contribution in [2.75, 3.05) is 7.05 Å². The molecule has 0 aromatic heterocycles. The zero-order chi connectivity index (χ0) is 20.1. The van der Waals surface area contributed by atoms with Crippen LogP contribution in [0.15, 0.2) is 18.2 Å². The number of benzene rings is 1. The van der Waals surface area contributed by atoms with Gasteiger partial charge in [-0.2, -0.15) is 0 Å². The van der Waals surface area contributed by atoms with Crippen LogP contribution in [0.1, 0.15) is 49.5 Å². The highest BCUT2D eigenvalue weighted by atomic mass is 28.4. The Bertz CT molecular complexity index is 813. The number of rotatable bonds is 3. The lowest BCUT2D eigenvalue weighted by molar-refractivity contribution is -0.150. The number of amides is 3. The third kappa shape index (κ3) is 3.29. The summed E-state index contributed by atoms with van der Waals surface area (Å²) in [5, 5.41) is 0.0421. The van der Waals surface area contributed by atoms with E-state index in [4.69, 9.17) is 4.43 Å². The Morgan fingerprint density at radius 1 is 1.15 bits per heavy atom. The van der Waals surface area contributed by atoms with Crippen LogP contribution in [0.25, 0.3) is 0 Å². The summed E-state index contributed by atoms with van der Waals surface area (Å²) in [6.45, 7) is 11.2. The molecule has 3 rings (SSSR count). The molecule has 0 spiro atoms. The molecular weight excluding hydrogens is 360 g/mol. The highest BCUT2D eigenvalue weighted by molar-refractivity contribution is 6.74. The number of hydrogen-bond donors (Lipinski definition) is 0. The van der Waals surface area contributed by atoms with Crippen LogP contribution in [0.5, 0.6) is 5.75 Å². The summed E-state index contributed by atoms with van der Waals surface area (Å²) >= 11 is 0. The molecule has 0 N–H and O–H groups in total. The predicted octanol–water partition coefficient (Wildman–Crippen LogP) is 3.17. The van der Waals surface area contributed by atoms with Crippen molar-refractivity contribution in [3.63, 3.8) is 0 Å². The van der Waals surface area contributed by atoms with Crippen molar-refractivity contribution in [1.82, 2.24) is 9.80 Å². The minimum absolute atomic E-state index is 0.0421. The Hall–Kier alpha value is -2.15. The molecule has 0 bridgehead atoms. The summed E-state index contributed by atoms with van der Waals surface area (Å²) in [6, 6.07) is 4.95. The quantitative estimate of drug-likeness (QED) is 0.589. The summed E-state index contributed by atoms with van der Waals surface area (Å²) < 4.78 is 6.47. The molecule has 27 heavy (non-hydrogen) atoms. The van der Waals surface area contributed by atoms with Gasteiger partial charge in [-0.05, 0) is 36.7 Å². The Kier molecular flexibility index (Phi) is 4.70. The molecule has 2 aliphatic rings. The average Bonchev–Trinajstić information content (AvgIpc) is 2.90. The van der Waals surface area contributed by atoms with Crippen LogP contribution in [0.2, 0.25) is 18.1 Å². The van der Waals surface area contributed by atoms with Crippen molar-refractivity contribution in [1.29, 1.82) is 0 Å². The standard InChI is InChI=1S/C20H28N2O4Si/c1-20(2,3)27(5,6)26-16-9-7-8-13-14(16)12-22(18(13)24)15-10-11-17(23)21(4)19(15)25/h7-9,15H,10-12H2,1-6H3. The normalized spacial score (nSPS) is 21.0. The molecule has 7 heteroatoms. The van der Waals surface area contributed by atoms with Crippen LogP contribution in [0, 0.1) is 0 Å². The van der Waals surface area contributed by atoms with Crippen LogP contribution in [-0.2, 0) is 16.1 Å². The van der Waals surface area contributed by atoms with E-state index in [9.17, 15) is 14.4 Å². The van der Waals surface area contributed by atoms with E-state index in [0.717, 1.165) is 16.2 Å². The molecule has 6 nitrogen and oxygen atoms in total. The predicted molar refractivity (Wildman–Crippen MR) is 105 cm³/mol. The molecule has 0 aliphatic carbocycles. The topological polar surface area (TPSA) is 66.9 Å². The lowest BCUT2D eigenvalue weighted by Crippen LogP contribution is -2.53. The van der Waals surface area contributed by atoms with Crippen LogP contribution in [-0.4, -0.2) is 48.9 Å². The van der Waals surface area contributed by atoms with Crippen LogP contribution >= 0.6 is 0 Å². The molecule has 0 radical (unpaired) electrons. The first-order valence-corrected chi connectivity index (χ1v) is 12.3. The van der Waals surface area contributed by atoms with Gasteiger partial charge in [-0.25, -0.2) is 0 Å². The van der Waals surface area contributed by atoms with Gasteiger partial charge in [0, 0.05) is 24.6 Å². The molecule has 1 aromatic rings. The zero-order valence-corrected chi connectivity index (χ0v) is 18.0. The lowest BCUT2D eigenvalue weighted by atomic mass is 10.0. The zero-order valence-electron chi connectivity index (χ0n) is 17.0. The molecule has 1 saturated heterocycles. The number of hydrogen-bond acceptors (Lipinski definition) is 4. The summed E-state index contributed by atoms with van der Waals surface area (Å²) in [7, 11) is -0.573. The van der Waals surface area contributed by atoms with E-state index in [0.29, 0.717) is 18.5 Å².